The maximum Gasteiger partial charge on any atom is 0.232 e. The molecule has 6 nitrogen and oxygen atoms in total. The molecule has 1 aromatic carbocycles. The van der Waals surface area contributed by atoms with E-state index in [0.29, 0.717) is 45.6 Å². The van der Waals surface area contributed by atoms with Crippen molar-refractivity contribution in [1.82, 2.24) is 15.1 Å². The van der Waals surface area contributed by atoms with Crippen LogP contribution in [0.4, 0.5) is 0 Å². The molecule has 0 aliphatic carbocycles. The summed E-state index contributed by atoms with van der Waals surface area (Å²) in [6.45, 7) is 6.55. The highest BCUT2D eigenvalue weighted by atomic mass is 16.2. The van der Waals surface area contributed by atoms with Gasteiger partial charge in [-0.1, -0.05) is 30.3 Å². The molecule has 0 saturated carbocycles. The van der Waals surface area contributed by atoms with Crippen LogP contribution in [-0.2, 0) is 19.8 Å². The molecule has 1 unspecified atom stereocenters. The number of piperazine rings is 1. The molecule has 2 aliphatic rings. The van der Waals surface area contributed by atoms with E-state index in [9.17, 15) is 14.4 Å². The van der Waals surface area contributed by atoms with Crippen LogP contribution >= 0.6 is 0 Å². The van der Waals surface area contributed by atoms with Gasteiger partial charge in [0.15, 0.2) is 0 Å². The monoisotopic (exact) mass is 357 g/mol. The highest BCUT2D eigenvalue weighted by Crippen LogP contribution is 2.26. The first-order chi connectivity index (χ1) is 12.4. The lowest BCUT2D eigenvalue weighted by atomic mass is 9.83. The van der Waals surface area contributed by atoms with Gasteiger partial charge >= 0.3 is 0 Å². The summed E-state index contributed by atoms with van der Waals surface area (Å²) in [6, 6.07) is 9.81. The third kappa shape index (κ3) is 3.74. The number of hydrogen-bond donors (Lipinski definition) is 1. The van der Waals surface area contributed by atoms with E-state index in [-0.39, 0.29) is 23.6 Å². The van der Waals surface area contributed by atoms with Crippen LogP contribution in [0.5, 0.6) is 0 Å². The van der Waals surface area contributed by atoms with Crippen molar-refractivity contribution in [3.05, 3.63) is 35.9 Å². The van der Waals surface area contributed by atoms with Gasteiger partial charge in [-0.2, -0.15) is 0 Å². The Morgan fingerprint density at radius 2 is 1.65 bits per heavy atom. The number of nitrogens with zero attached hydrogens (tertiary/aromatic N) is 2. The van der Waals surface area contributed by atoms with E-state index < -0.39 is 5.41 Å². The Bertz CT molecular complexity index is 669. The molecule has 0 bridgehead atoms. The number of carbonyl (C=O) groups excluding carboxylic acids is 3. The Morgan fingerprint density at radius 1 is 1.04 bits per heavy atom. The van der Waals surface area contributed by atoms with Gasteiger partial charge in [0.25, 0.3) is 0 Å². The molecule has 140 valence electrons. The van der Waals surface area contributed by atoms with Crippen LogP contribution in [0, 0.1) is 5.92 Å². The summed E-state index contributed by atoms with van der Waals surface area (Å²) >= 11 is 0. The van der Waals surface area contributed by atoms with Crippen LogP contribution in [0.25, 0.3) is 0 Å². The van der Waals surface area contributed by atoms with Gasteiger partial charge in [-0.15, -0.1) is 0 Å². The molecular formula is C20H27N3O3. The van der Waals surface area contributed by atoms with Gasteiger partial charge < -0.3 is 15.1 Å². The van der Waals surface area contributed by atoms with Gasteiger partial charge in [0.2, 0.25) is 17.7 Å². The van der Waals surface area contributed by atoms with E-state index in [0.717, 1.165) is 5.56 Å². The van der Waals surface area contributed by atoms with Crippen LogP contribution in [0.1, 0.15) is 32.3 Å². The molecule has 26 heavy (non-hydrogen) atoms. The van der Waals surface area contributed by atoms with Gasteiger partial charge in [-0.3, -0.25) is 14.4 Å². The second-order valence-corrected chi connectivity index (χ2v) is 7.65. The van der Waals surface area contributed by atoms with Gasteiger partial charge in [0, 0.05) is 39.1 Å². The Balaban J connectivity index is 1.57. The Kier molecular flexibility index (Phi) is 5.30. The predicted octanol–water partition coefficient (Wildman–Crippen LogP) is 1.16. The molecule has 0 radical (unpaired) electrons. The molecule has 1 aromatic rings. The summed E-state index contributed by atoms with van der Waals surface area (Å²) in [5.74, 6) is 0.0865. The summed E-state index contributed by atoms with van der Waals surface area (Å²) in [5, 5.41) is 2.77. The minimum Gasteiger partial charge on any atom is -0.355 e. The van der Waals surface area contributed by atoms with E-state index in [4.69, 9.17) is 0 Å². The lowest BCUT2D eigenvalue weighted by molar-refractivity contribution is -0.145. The second kappa shape index (κ2) is 7.48. The fourth-order valence-corrected chi connectivity index (χ4v) is 3.71. The lowest BCUT2D eigenvalue weighted by Crippen LogP contribution is -2.56. The number of benzene rings is 1. The molecule has 1 atom stereocenters. The number of hydrogen-bond acceptors (Lipinski definition) is 3. The first-order valence-electron chi connectivity index (χ1n) is 9.30. The molecule has 2 saturated heterocycles. The molecule has 3 rings (SSSR count). The second-order valence-electron chi connectivity index (χ2n) is 7.65. The smallest absolute Gasteiger partial charge is 0.232 e. The van der Waals surface area contributed by atoms with E-state index >= 15 is 0 Å². The van der Waals surface area contributed by atoms with Crippen LogP contribution in [0.15, 0.2) is 30.3 Å². The fourth-order valence-electron chi connectivity index (χ4n) is 3.71. The molecule has 6 heteroatoms. The Morgan fingerprint density at radius 3 is 2.23 bits per heavy atom. The molecule has 2 aliphatic heterocycles. The van der Waals surface area contributed by atoms with E-state index in [1.165, 1.54) is 0 Å². The maximum absolute atomic E-state index is 13.0. The zero-order valence-electron chi connectivity index (χ0n) is 15.5. The van der Waals surface area contributed by atoms with Crippen molar-refractivity contribution in [3.8, 4) is 0 Å². The van der Waals surface area contributed by atoms with Crippen molar-refractivity contribution in [1.29, 1.82) is 0 Å². The highest BCUT2D eigenvalue weighted by Gasteiger charge is 2.36. The largest absolute Gasteiger partial charge is 0.355 e. The molecular weight excluding hydrogens is 330 g/mol. The van der Waals surface area contributed by atoms with Crippen LogP contribution in [0.2, 0.25) is 0 Å². The summed E-state index contributed by atoms with van der Waals surface area (Å²) in [5.41, 5.74) is 0.419. The minimum absolute atomic E-state index is 0.0209. The number of piperidine rings is 1. The van der Waals surface area contributed by atoms with Gasteiger partial charge in [0.05, 0.1) is 11.3 Å². The fraction of sp³-hybridized carbons (Fsp3) is 0.550. The summed E-state index contributed by atoms with van der Waals surface area (Å²) in [4.78, 5) is 40.6. The molecule has 2 heterocycles. The number of rotatable bonds is 3. The van der Waals surface area contributed by atoms with Crippen molar-refractivity contribution < 1.29 is 14.4 Å². The maximum atomic E-state index is 13.0. The van der Waals surface area contributed by atoms with E-state index in [2.05, 4.69) is 5.32 Å². The van der Waals surface area contributed by atoms with Crippen molar-refractivity contribution in [2.24, 2.45) is 5.92 Å². The van der Waals surface area contributed by atoms with Crippen molar-refractivity contribution in [3.63, 3.8) is 0 Å². The number of carbonyl (C=O) groups is 3. The summed E-state index contributed by atoms with van der Waals surface area (Å²) in [7, 11) is 0. The number of amides is 3. The molecule has 1 N–H and O–H groups in total. The molecule has 2 fully saturated rings. The third-order valence-electron chi connectivity index (χ3n) is 5.52. The van der Waals surface area contributed by atoms with Crippen molar-refractivity contribution in [2.45, 2.75) is 32.1 Å². The van der Waals surface area contributed by atoms with E-state index in [1.54, 1.807) is 0 Å². The normalized spacial score (nSPS) is 21.3. The van der Waals surface area contributed by atoms with Crippen molar-refractivity contribution >= 4 is 17.7 Å². The van der Waals surface area contributed by atoms with E-state index in [1.807, 2.05) is 54.0 Å². The number of nitrogens with one attached hydrogen (secondary N) is 1. The molecule has 0 spiro atoms. The van der Waals surface area contributed by atoms with Gasteiger partial charge in [-0.25, -0.2) is 0 Å². The Hall–Kier alpha value is -2.37. The average molecular weight is 357 g/mol. The molecule has 0 aromatic heterocycles. The van der Waals surface area contributed by atoms with Crippen LogP contribution in [-0.4, -0.2) is 60.2 Å². The molecule has 3 amide bonds. The topological polar surface area (TPSA) is 69.7 Å². The average Bonchev–Trinajstić information content (AvgIpc) is 2.68. The lowest BCUT2D eigenvalue weighted by Gasteiger charge is -2.40. The minimum atomic E-state index is -0.582. The standard InChI is InChI=1S/C20H27N3O3/c1-20(2,16-6-4-3-5-7-16)19(26)23-12-10-22(11-13-23)18(25)15-8-9-17(24)21-14-15/h3-7,15H,8-14H2,1-2H3,(H,21,24). The Labute approximate surface area is 154 Å². The summed E-state index contributed by atoms with van der Waals surface area (Å²) in [6.07, 6.45) is 1.03. The van der Waals surface area contributed by atoms with Crippen LogP contribution < -0.4 is 5.32 Å². The van der Waals surface area contributed by atoms with Gasteiger partial charge in [0.1, 0.15) is 0 Å². The first kappa shape index (κ1) is 18.4. The van der Waals surface area contributed by atoms with Gasteiger partial charge in [-0.05, 0) is 25.8 Å². The highest BCUT2D eigenvalue weighted by molar-refractivity contribution is 5.88. The zero-order chi connectivity index (χ0) is 18.7. The quantitative estimate of drug-likeness (QED) is 0.883. The van der Waals surface area contributed by atoms with Crippen LogP contribution in [0.3, 0.4) is 0 Å². The summed E-state index contributed by atoms with van der Waals surface area (Å²) < 4.78 is 0. The third-order valence-corrected chi connectivity index (χ3v) is 5.52. The van der Waals surface area contributed by atoms with Crippen molar-refractivity contribution in [2.75, 3.05) is 32.7 Å². The first-order valence-corrected chi connectivity index (χ1v) is 9.30. The predicted molar refractivity (Wildman–Crippen MR) is 98.4 cm³/mol. The SMILES string of the molecule is CC(C)(C(=O)N1CCN(C(=O)C2CCC(=O)NC2)CC1)c1ccccc1. The zero-order valence-corrected chi connectivity index (χ0v) is 15.5.